The highest BCUT2D eigenvalue weighted by atomic mass is 19.4. The molecule has 0 aliphatic carbocycles. The van der Waals surface area contributed by atoms with Crippen LogP contribution in [0.25, 0.3) is 123 Å². The van der Waals surface area contributed by atoms with Crippen LogP contribution in [0.2, 0.25) is 0 Å². The van der Waals surface area contributed by atoms with Gasteiger partial charge in [-0.15, -0.1) is 0 Å². The zero-order chi connectivity index (χ0) is 58.5. The van der Waals surface area contributed by atoms with Gasteiger partial charge in [0.15, 0.2) is 23.3 Å². The van der Waals surface area contributed by atoms with Crippen molar-refractivity contribution in [2.24, 2.45) is 0 Å². The Morgan fingerprint density at radius 3 is 0.988 bits per heavy atom. The molecule has 0 bridgehead atoms. The van der Waals surface area contributed by atoms with Crippen molar-refractivity contribution in [2.75, 3.05) is 0 Å². The van der Waals surface area contributed by atoms with Gasteiger partial charge in [-0.25, -0.2) is 59.8 Å². The third-order valence-corrected chi connectivity index (χ3v) is 14.7. The molecule has 0 amide bonds. The lowest BCUT2D eigenvalue weighted by atomic mass is 9.93. The summed E-state index contributed by atoms with van der Waals surface area (Å²) in [5.41, 5.74) is 8.76. The SMILES string of the molecule is Cc1nc(C)nc(-c2ccc3c(c2)c2cc(-c4nc(C)nc(C)n4)ccc2n3-c2cc(C#N)ccc2-c2ccc(-c3ccc(C(F)(F)F)cc3C#N)cc2-n2c3ccc(-c4nc(C)nc(C)n4)cc3c3cc(-c4nc(C)nc(C)n4)ccc32)n1. The Hall–Kier alpha value is -11.1. The number of aryl methyl sites for hydroxylation is 8. The van der Waals surface area contributed by atoms with E-state index < -0.39 is 11.7 Å². The second-order valence-electron chi connectivity index (χ2n) is 20.6. The van der Waals surface area contributed by atoms with E-state index in [-0.39, 0.29) is 5.56 Å². The van der Waals surface area contributed by atoms with Gasteiger partial charge in [0.1, 0.15) is 46.6 Å². The van der Waals surface area contributed by atoms with Crippen molar-refractivity contribution in [3.8, 4) is 91.3 Å². The summed E-state index contributed by atoms with van der Waals surface area (Å²) >= 11 is 0. The number of hydrogen-bond acceptors (Lipinski definition) is 14. The Kier molecular flexibility index (Phi) is 12.4. The number of nitriles is 2. The molecule has 406 valence electrons. The molecule has 6 heterocycles. The summed E-state index contributed by atoms with van der Waals surface area (Å²) in [5, 5.41) is 24.6. The van der Waals surface area contributed by atoms with E-state index in [0.717, 1.165) is 78.0 Å². The minimum absolute atomic E-state index is 0.154. The number of alkyl halides is 3. The first-order valence-electron chi connectivity index (χ1n) is 26.6. The Labute approximate surface area is 477 Å². The zero-order valence-electron chi connectivity index (χ0n) is 46.4. The van der Waals surface area contributed by atoms with Crippen LogP contribution in [0.5, 0.6) is 0 Å². The maximum Gasteiger partial charge on any atom is 0.416 e. The van der Waals surface area contributed by atoms with Gasteiger partial charge in [0.2, 0.25) is 0 Å². The molecule has 0 aliphatic heterocycles. The van der Waals surface area contributed by atoms with Gasteiger partial charge in [-0.2, -0.15) is 23.7 Å². The molecular formula is C65H45F3N16. The fraction of sp³-hybridized carbons (Fsp3) is 0.138. The third kappa shape index (κ3) is 9.23. The van der Waals surface area contributed by atoms with E-state index in [1.165, 1.54) is 6.07 Å². The molecule has 6 aromatic heterocycles. The number of aromatic nitrogens is 14. The highest BCUT2D eigenvalue weighted by Gasteiger charge is 2.32. The lowest BCUT2D eigenvalue weighted by molar-refractivity contribution is -0.137. The molecule has 0 radical (unpaired) electrons. The number of hydrogen-bond donors (Lipinski definition) is 0. The average molecular weight is 1110 g/mol. The molecule has 16 nitrogen and oxygen atoms in total. The first kappa shape index (κ1) is 52.3. The molecule has 13 rings (SSSR count). The summed E-state index contributed by atoms with van der Waals surface area (Å²) < 4.78 is 47.0. The number of rotatable bonds is 8. The van der Waals surface area contributed by atoms with Crippen molar-refractivity contribution in [1.82, 2.24) is 68.9 Å². The van der Waals surface area contributed by atoms with Crippen LogP contribution in [-0.4, -0.2) is 68.9 Å². The molecule has 0 unspecified atom stereocenters. The maximum absolute atomic E-state index is 14.3. The van der Waals surface area contributed by atoms with E-state index in [1.807, 2.05) is 152 Å². The molecule has 0 fully saturated rings. The van der Waals surface area contributed by atoms with Crippen molar-refractivity contribution >= 4 is 43.6 Å². The largest absolute Gasteiger partial charge is 0.416 e. The van der Waals surface area contributed by atoms with Gasteiger partial charge in [0.25, 0.3) is 0 Å². The molecular weight excluding hydrogens is 1060 g/mol. The smallest absolute Gasteiger partial charge is 0.309 e. The number of benzene rings is 7. The van der Waals surface area contributed by atoms with Crippen molar-refractivity contribution < 1.29 is 13.2 Å². The van der Waals surface area contributed by atoms with Gasteiger partial charge in [0.05, 0.1) is 62.3 Å². The van der Waals surface area contributed by atoms with Crippen LogP contribution in [0.1, 0.15) is 63.3 Å². The molecule has 0 N–H and O–H groups in total. The molecule has 0 atom stereocenters. The van der Waals surface area contributed by atoms with Gasteiger partial charge < -0.3 is 9.13 Å². The summed E-state index contributed by atoms with van der Waals surface area (Å²) in [4.78, 5) is 55.5. The average Bonchev–Trinajstić information content (AvgIpc) is 2.45. The van der Waals surface area contributed by atoms with Gasteiger partial charge in [0, 0.05) is 54.9 Å². The third-order valence-electron chi connectivity index (χ3n) is 14.7. The summed E-state index contributed by atoms with van der Waals surface area (Å²) in [5.74, 6) is 6.56. The van der Waals surface area contributed by atoms with E-state index in [4.69, 9.17) is 39.9 Å². The van der Waals surface area contributed by atoms with Crippen molar-refractivity contribution in [3.63, 3.8) is 0 Å². The minimum Gasteiger partial charge on any atom is -0.309 e. The van der Waals surface area contributed by atoms with Crippen LogP contribution in [0.15, 0.2) is 127 Å². The van der Waals surface area contributed by atoms with E-state index >= 15 is 0 Å². The van der Waals surface area contributed by atoms with E-state index in [0.29, 0.717) is 109 Å². The van der Waals surface area contributed by atoms with Crippen LogP contribution >= 0.6 is 0 Å². The lowest BCUT2D eigenvalue weighted by Gasteiger charge is -2.20. The Bertz CT molecular complexity index is 4750. The Balaban J connectivity index is 1.13. The maximum atomic E-state index is 14.3. The quantitative estimate of drug-likeness (QED) is 0.138. The van der Waals surface area contributed by atoms with E-state index in [1.54, 1.807) is 6.07 Å². The highest BCUT2D eigenvalue weighted by molar-refractivity contribution is 6.14. The molecule has 13 aromatic rings. The molecule has 7 aromatic carbocycles. The standard InChI is InChI=1S/C65H45F3N16/c1-32-71-33(2)76-61(75-32)42-11-19-55-51(25-42)52-26-43(62-77-34(3)72-35(4)78-62)12-20-56(52)83(55)59-23-40(30-69)9-16-49(59)50-17-10-41(48-18-15-47(65(66,67)68)24-46(48)31-70)29-60(50)84-57-21-13-44(63-79-36(5)73-37(6)80-63)27-53(57)54-28-45(14-22-58(54)84)64-81-38(7)74-39(8)82-64/h9-29H,1-8H3. The second-order valence-corrected chi connectivity index (χ2v) is 20.6. The topological polar surface area (TPSA) is 212 Å². The van der Waals surface area contributed by atoms with Crippen molar-refractivity contribution in [2.45, 2.75) is 61.6 Å². The summed E-state index contributed by atoms with van der Waals surface area (Å²) in [7, 11) is 0. The normalized spacial score (nSPS) is 11.7. The van der Waals surface area contributed by atoms with Crippen LogP contribution in [0.3, 0.4) is 0 Å². The molecule has 0 saturated heterocycles. The molecule has 0 aliphatic rings. The summed E-state index contributed by atoms with van der Waals surface area (Å²) in [6.07, 6.45) is -4.69. The van der Waals surface area contributed by atoms with Crippen molar-refractivity contribution in [3.05, 3.63) is 191 Å². The van der Waals surface area contributed by atoms with Gasteiger partial charge in [-0.1, -0.05) is 24.3 Å². The Morgan fingerprint density at radius 2 is 0.655 bits per heavy atom. The summed E-state index contributed by atoms with van der Waals surface area (Å²) in [6.45, 7) is 14.6. The molecule has 0 spiro atoms. The van der Waals surface area contributed by atoms with Gasteiger partial charge in [-0.3, -0.25) is 0 Å². The predicted octanol–water partition coefficient (Wildman–Crippen LogP) is 13.9. The van der Waals surface area contributed by atoms with Crippen LogP contribution in [-0.2, 0) is 6.18 Å². The fourth-order valence-electron chi connectivity index (χ4n) is 11.3. The van der Waals surface area contributed by atoms with E-state index in [9.17, 15) is 23.7 Å². The van der Waals surface area contributed by atoms with Gasteiger partial charge in [-0.05, 0) is 170 Å². The van der Waals surface area contributed by atoms with Crippen LogP contribution < -0.4 is 0 Å². The zero-order valence-corrected chi connectivity index (χ0v) is 46.4. The lowest BCUT2D eigenvalue weighted by Crippen LogP contribution is -2.05. The number of fused-ring (bicyclic) bond motifs is 6. The van der Waals surface area contributed by atoms with Crippen molar-refractivity contribution in [1.29, 1.82) is 10.5 Å². The fourth-order valence-corrected chi connectivity index (χ4v) is 11.3. The Morgan fingerprint density at radius 1 is 0.333 bits per heavy atom. The van der Waals surface area contributed by atoms with E-state index in [2.05, 4.69) is 47.3 Å². The number of nitrogens with zero attached hydrogens (tertiary/aromatic N) is 16. The molecule has 84 heavy (non-hydrogen) atoms. The highest BCUT2D eigenvalue weighted by Crippen LogP contribution is 2.45. The first-order valence-corrected chi connectivity index (χ1v) is 26.6. The van der Waals surface area contributed by atoms with Crippen LogP contribution in [0.4, 0.5) is 13.2 Å². The predicted molar refractivity (Wildman–Crippen MR) is 314 cm³/mol. The first-order chi connectivity index (χ1) is 40.4. The molecule has 0 saturated carbocycles. The molecule has 19 heteroatoms. The van der Waals surface area contributed by atoms with Gasteiger partial charge >= 0.3 is 6.18 Å². The second kappa shape index (κ2) is 19.9. The number of halogens is 3. The van der Waals surface area contributed by atoms with Crippen LogP contribution in [0, 0.1) is 78.1 Å². The monoisotopic (exact) mass is 1110 g/mol. The summed E-state index contributed by atoms with van der Waals surface area (Å²) in [6, 6.07) is 42.9. The minimum atomic E-state index is -4.69.